The molecule has 0 spiro atoms. The fraction of sp³-hybridized carbons (Fsp3) is 0.182. The number of halogens is 1. The smallest absolute Gasteiger partial charge is 0.399 e. The minimum Gasteiger partial charge on any atom is -0.417 e. The van der Waals surface area contributed by atoms with Crippen LogP contribution in [-0.4, -0.2) is 10.1 Å². The molecule has 2 aromatic rings. The van der Waals surface area contributed by atoms with E-state index in [1.807, 2.05) is 0 Å². The van der Waals surface area contributed by atoms with Crippen LogP contribution in [0.5, 0.6) is 11.8 Å². The summed E-state index contributed by atoms with van der Waals surface area (Å²) in [6.07, 6.45) is 1.26. The maximum Gasteiger partial charge on any atom is 0.399 e. The lowest BCUT2D eigenvalue weighted by molar-refractivity contribution is 0.276. The van der Waals surface area contributed by atoms with E-state index in [9.17, 15) is 4.39 Å². The number of nitrogens with zero attached hydrogens (tertiary/aromatic N) is 1. The van der Waals surface area contributed by atoms with Gasteiger partial charge < -0.3 is 14.3 Å². The molecule has 0 saturated heterocycles. The van der Waals surface area contributed by atoms with Crippen molar-refractivity contribution in [3.05, 3.63) is 41.5 Å². The van der Waals surface area contributed by atoms with Crippen LogP contribution in [0.25, 0.3) is 0 Å². The Labute approximate surface area is 91.3 Å². The summed E-state index contributed by atoms with van der Waals surface area (Å²) >= 11 is 0. The average Bonchev–Trinajstić information content (AvgIpc) is 2.71. The molecular weight excluding hydrogens is 213 g/mol. The Morgan fingerprint density at radius 2 is 2.31 bits per heavy atom. The Bertz CT molecular complexity index is 496. The number of hydrogen-bond acceptors (Lipinski definition) is 4. The highest BCUT2D eigenvalue weighted by atomic mass is 19.1. The van der Waals surface area contributed by atoms with Gasteiger partial charge in [-0.1, -0.05) is 6.07 Å². The summed E-state index contributed by atoms with van der Waals surface area (Å²) < 4.78 is 23.3. The average molecular weight is 223 g/mol. The quantitative estimate of drug-likeness (QED) is 0.868. The van der Waals surface area contributed by atoms with Crippen molar-refractivity contribution in [3.63, 3.8) is 0 Å². The fourth-order valence-corrected chi connectivity index (χ4v) is 1.15. The molecule has 84 valence electrons. The zero-order valence-electron chi connectivity index (χ0n) is 8.61. The number of aliphatic hydroxyl groups is 1. The molecule has 4 nitrogen and oxygen atoms in total. The van der Waals surface area contributed by atoms with E-state index in [2.05, 4.69) is 4.98 Å². The number of aryl methyl sites for hydroxylation is 1. The maximum absolute atomic E-state index is 13.2. The highest BCUT2D eigenvalue weighted by Gasteiger charge is 2.07. The molecule has 1 heterocycles. The van der Waals surface area contributed by atoms with Crippen LogP contribution in [0, 0.1) is 12.7 Å². The van der Waals surface area contributed by atoms with Crippen LogP contribution >= 0.6 is 0 Å². The third-order valence-corrected chi connectivity index (χ3v) is 2.04. The molecule has 2 rings (SSSR count). The third kappa shape index (κ3) is 2.20. The van der Waals surface area contributed by atoms with Crippen LogP contribution in [-0.2, 0) is 6.61 Å². The Hall–Kier alpha value is -1.88. The molecule has 0 aliphatic rings. The summed E-state index contributed by atoms with van der Waals surface area (Å²) in [5, 5.41) is 8.76. The molecule has 0 fully saturated rings. The van der Waals surface area contributed by atoms with Gasteiger partial charge in [0.15, 0.2) is 0 Å². The molecule has 0 unspecified atom stereocenters. The molecule has 1 aromatic carbocycles. The number of hydrogen-bond donors (Lipinski definition) is 1. The van der Waals surface area contributed by atoms with E-state index in [1.54, 1.807) is 19.1 Å². The molecule has 16 heavy (non-hydrogen) atoms. The Kier molecular flexibility index (Phi) is 2.87. The van der Waals surface area contributed by atoms with Crippen molar-refractivity contribution in [3.8, 4) is 11.8 Å². The van der Waals surface area contributed by atoms with Crippen molar-refractivity contribution in [2.24, 2.45) is 0 Å². The number of oxazole rings is 1. The van der Waals surface area contributed by atoms with E-state index in [0.717, 1.165) is 0 Å². The second-order valence-electron chi connectivity index (χ2n) is 3.28. The van der Waals surface area contributed by atoms with Crippen molar-refractivity contribution in [2.45, 2.75) is 13.5 Å². The summed E-state index contributed by atoms with van der Waals surface area (Å²) in [5.74, 6) is -0.0547. The zero-order chi connectivity index (χ0) is 11.5. The van der Waals surface area contributed by atoms with Crippen LogP contribution in [0.15, 0.2) is 28.9 Å². The van der Waals surface area contributed by atoms with Gasteiger partial charge in [-0.25, -0.2) is 4.39 Å². The zero-order valence-corrected chi connectivity index (χ0v) is 8.61. The van der Waals surface area contributed by atoms with Gasteiger partial charge in [0.1, 0.15) is 23.5 Å². The number of rotatable bonds is 3. The Balaban J connectivity index is 2.17. The Morgan fingerprint density at radius 1 is 1.50 bits per heavy atom. The number of benzene rings is 1. The van der Waals surface area contributed by atoms with Gasteiger partial charge in [-0.15, -0.1) is 0 Å². The van der Waals surface area contributed by atoms with Crippen LogP contribution in [0.4, 0.5) is 4.39 Å². The van der Waals surface area contributed by atoms with Crippen molar-refractivity contribution >= 4 is 0 Å². The second kappa shape index (κ2) is 4.32. The van der Waals surface area contributed by atoms with E-state index < -0.39 is 0 Å². The highest BCUT2D eigenvalue weighted by molar-refractivity contribution is 5.29. The molecule has 1 aromatic heterocycles. The molecule has 0 bridgehead atoms. The van der Waals surface area contributed by atoms with Crippen LogP contribution in [0.1, 0.15) is 11.3 Å². The van der Waals surface area contributed by atoms with E-state index in [1.165, 1.54) is 12.3 Å². The van der Waals surface area contributed by atoms with Gasteiger partial charge in [-0.3, -0.25) is 0 Å². The van der Waals surface area contributed by atoms with Crippen molar-refractivity contribution in [1.82, 2.24) is 4.98 Å². The second-order valence-corrected chi connectivity index (χ2v) is 3.28. The molecule has 1 N–H and O–H groups in total. The SMILES string of the molecule is Cc1ccc(Oc2nc(CO)co2)cc1F. The first-order chi connectivity index (χ1) is 7.69. The third-order valence-electron chi connectivity index (χ3n) is 2.04. The maximum atomic E-state index is 13.2. The van der Waals surface area contributed by atoms with E-state index >= 15 is 0 Å². The summed E-state index contributed by atoms with van der Waals surface area (Å²) in [6, 6.07) is 4.46. The molecule has 5 heteroatoms. The highest BCUT2D eigenvalue weighted by Crippen LogP contribution is 2.22. The van der Waals surface area contributed by atoms with E-state index in [-0.39, 0.29) is 18.5 Å². The minimum atomic E-state index is -0.355. The van der Waals surface area contributed by atoms with E-state index in [4.69, 9.17) is 14.3 Å². The number of ether oxygens (including phenoxy) is 1. The molecular formula is C11H10FNO3. The van der Waals surface area contributed by atoms with Crippen molar-refractivity contribution < 1.29 is 18.7 Å². The molecule has 0 atom stereocenters. The topological polar surface area (TPSA) is 55.5 Å². The largest absolute Gasteiger partial charge is 0.417 e. The Morgan fingerprint density at radius 3 is 2.94 bits per heavy atom. The summed E-state index contributed by atoms with van der Waals surface area (Å²) in [7, 11) is 0. The molecule has 0 radical (unpaired) electrons. The first-order valence-electron chi connectivity index (χ1n) is 4.68. The van der Waals surface area contributed by atoms with Crippen molar-refractivity contribution in [2.75, 3.05) is 0 Å². The van der Waals surface area contributed by atoms with Gasteiger partial charge in [0.25, 0.3) is 0 Å². The summed E-state index contributed by atoms with van der Waals surface area (Å²) in [4.78, 5) is 3.81. The first-order valence-corrected chi connectivity index (χ1v) is 4.68. The van der Waals surface area contributed by atoms with Gasteiger partial charge in [0.05, 0.1) is 6.61 Å². The number of aromatic nitrogens is 1. The lowest BCUT2D eigenvalue weighted by atomic mass is 10.2. The molecule has 0 aliphatic carbocycles. The van der Waals surface area contributed by atoms with Gasteiger partial charge >= 0.3 is 6.08 Å². The lowest BCUT2D eigenvalue weighted by Gasteiger charge is -2.01. The summed E-state index contributed by atoms with van der Waals surface area (Å²) in [5.41, 5.74) is 0.901. The molecule has 0 amide bonds. The molecule has 0 saturated carbocycles. The van der Waals surface area contributed by atoms with Crippen LogP contribution in [0.2, 0.25) is 0 Å². The van der Waals surface area contributed by atoms with Gasteiger partial charge in [-0.2, -0.15) is 4.98 Å². The normalized spacial score (nSPS) is 10.4. The standard InChI is InChI=1S/C11H10FNO3/c1-7-2-3-9(4-10(7)12)16-11-13-8(5-14)6-15-11/h2-4,6,14H,5H2,1H3. The fourth-order valence-electron chi connectivity index (χ4n) is 1.15. The monoisotopic (exact) mass is 223 g/mol. The van der Waals surface area contributed by atoms with E-state index in [0.29, 0.717) is 17.0 Å². The van der Waals surface area contributed by atoms with Crippen molar-refractivity contribution in [1.29, 1.82) is 0 Å². The minimum absolute atomic E-state index is 0.0210. The summed E-state index contributed by atoms with van der Waals surface area (Å²) in [6.45, 7) is 1.43. The number of aliphatic hydroxyl groups excluding tert-OH is 1. The predicted octanol–water partition coefficient (Wildman–Crippen LogP) is 2.41. The van der Waals surface area contributed by atoms with Gasteiger partial charge in [0.2, 0.25) is 0 Å². The van der Waals surface area contributed by atoms with Crippen LogP contribution in [0.3, 0.4) is 0 Å². The first kappa shape index (κ1) is 10.6. The lowest BCUT2D eigenvalue weighted by Crippen LogP contribution is -1.88. The van der Waals surface area contributed by atoms with Gasteiger partial charge in [-0.05, 0) is 18.6 Å². The van der Waals surface area contributed by atoms with Crippen LogP contribution < -0.4 is 4.74 Å². The molecule has 0 aliphatic heterocycles. The van der Waals surface area contributed by atoms with Gasteiger partial charge in [0, 0.05) is 6.07 Å². The predicted molar refractivity (Wildman–Crippen MR) is 53.6 cm³/mol.